The Labute approximate surface area is 119 Å². The Hall–Kier alpha value is -1.69. The number of anilines is 1. The van der Waals surface area contributed by atoms with Gasteiger partial charge >= 0.3 is 0 Å². The van der Waals surface area contributed by atoms with E-state index in [2.05, 4.69) is 27.5 Å². The molecule has 1 fully saturated rings. The molecule has 6 nitrogen and oxygen atoms in total. The van der Waals surface area contributed by atoms with Crippen LogP contribution in [0.3, 0.4) is 0 Å². The zero-order valence-electron chi connectivity index (χ0n) is 12.1. The van der Waals surface area contributed by atoms with E-state index in [9.17, 15) is 4.79 Å². The first kappa shape index (κ1) is 14.7. The molecule has 0 saturated carbocycles. The summed E-state index contributed by atoms with van der Waals surface area (Å²) in [7, 11) is 0. The van der Waals surface area contributed by atoms with Gasteiger partial charge in [-0.15, -0.1) is 0 Å². The van der Waals surface area contributed by atoms with Crippen molar-refractivity contribution in [1.29, 1.82) is 0 Å². The lowest BCUT2D eigenvalue weighted by atomic mass is 10.0. The van der Waals surface area contributed by atoms with Gasteiger partial charge < -0.3 is 15.4 Å². The number of nitrogens with zero attached hydrogens (tertiary/aromatic N) is 2. The highest BCUT2D eigenvalue weighted by molar-refractivity contribution is 5.92. The lowest BCUT2D eigenvalue weighted by molar-refractivity contribution is 0.0205. The van der Waals surface area contributed by atoms with Gasteiger partial charge in [0.1, 0.15) is 11.5 Å². The van der Waals surface area contributed by atoms with E-state index in [1.165, 1.54) is 6.20 Å². The summed E-state index contributed by atoms with van der Waals surface area (Å²) in [4.78, 5) is 20.3. The Morgan fingerprint density at radius 3 is 2.90 bits per heavy atom. The lowest BCUT2D eigenvalue weighted by Gasteiger charge is -2.23. The summed E-state index contributed by atoms with van der Waals surface area (Å²) < 4.78 is 5.63. The fraction of sp³-hybridized carbons (Fsp3) is 0.643. The number of ether oxygens (including phenoxy) is 1. The zero-order chi connectivity index (χ0) is 14.4. The molecule has 1 saturated heterocycles. The number of hydrogen-bond acceptors (Lipinski definition) is 5. The van der Waals surface area contributed by atoms with E-state index in [1.54, 1.807) is 6.20 Å². The Kier molecular flexibility index (Phi) is 4.89. The van der Waals surface area contributed by atoms with Crippen molar-refractivity contribution in [3.8, 4) is 0 Å². The van der Waals surface area contributed by atoms with Crippen LogP contribution in [0.4, 0.5) is 5.82 Å². The van der Waals surface area contributed by atoms with Crippen molar-refractivity contribution in [2.24, 2.45) is 0 Å². The van der Waals surface area contributed by atoms with Gasteiger partial charge in [-0.25, -0.2) is 9.97 Å². The quantitative estimate of drug-likeness (QED) is 0.826. The number of carbonyl (C=O) groups is 1. The third-order valence-electron chi connectivity index (χ3n) is 3.36. The molecule has 0 aromatic carbocycles. The van der Waals surface area contributed by atoms with Crippen LogP contribution in [0.1, 0.15) is 43.6 Å². The molecule has 1 aromatic heterocycles. The molecule has 1 amide bonds. The van der Waals surface area contributed by atoms with Gasteiger partial charge in [0.15, 0.2) is 0 Å². The van der Waals surface area contributed by atoms with Gasteiger partial charge in [-0.2, -0.15) is 0 Å². The van der Waals surface area contributed by atoms with E-state index in [-0.39, 0.29) is 11.5 Å². The van der Waals surface area contributed by atoms with Crippen LogP contribution in [0.15, 0.2) is 12.4 Å². The second kappa shape index (κ2) is 6.65. The summed E-state index contributed by atoms with van der Waals surface area (Å²) >= 11 is 0. The van der Waals surface area contributed by atoms with Crippen LogP contribution < -0.4 is 10.6 Å². The van der Waals surface area contributed by atoms with Gasteiger partial charge in [0.05, 0.1) is 18.0 Å². The molecule has 0 aliphatic carbocycles. The molecule has 1 aromatic rings. The number of rotatable bonds is 6. The molecule has 0 spiro atoms. The van der Waals surface area contributed by atoms with E-state index in [0.29, 0.717) is 18.1 Å². The highest BCUT2D eigenvalue weighted by Gasteiger charge is 2.30. The molecule has 110 valence electrons. The van der Waals surface area contributed by atoms with Crippen LogP contribution in [-0.2, 0) is 4.74 Å². The van der Waals surface area contributed by atoms with Crippen LogP contribution in [0, 0.1) is 0 Å². The van der Waals surface area contributed by atoms with Gasteiger partial charge in [-0.05, 0) is 26.2 Å². The summed E-state index contributed by atoms with van der Waals surface area (Å²) in [5, 5.41) is 5.98. The smallest absolute Gasteiger partial charge is 0.271 e. The number of hydrogen-bond donors (Lipinski definition) is 2. The van der Waals surface area contributed by atoms with Crippen LogP contribution in [0.25, 0.3) is 0 Å². The standard InChI is InChI=1S/C14H22N4O2/c1-3-6-15-12-9-16-11(8-17-12)13(19)18-10-14(2)5-4-7-20-14/h8-9H,3-7,10H2,1-2H3,(H,15,17)(H,18,19). The van der Waals surface area contributed by atoms with Crippen LogP contribution in [-0.4, -0.2) is 41.2 Å². The molecule has 2 rings (SSSR count). The maximum atomic E-state index is 12.0. The minimum absolute atomic E-state index is 0.212. The largest absolute Gasteiger partial charge is 0.373 e. The summed E-state index contributed by atoms with van der Waals surface area (Å²) in [5.41, 5.74) is 0.0831. The Morgan fingerprint density at radius 2 is 2.30 bits per heavy atom. The lowest BCUT2D eigenvalue weighted by Crippen LogP contribution is -2.40. The SMILES string of the molecule is CCCNc1cnc(C(=O)NCC2(C)CCCO2)cn1. The molecule has 6 heteroatoms. The van der Waals surface area contributed by atoms with Gasteiger partial charge in [-0.1, -0.05) is 6.92 Å². The predicted octanol–water partition coefficient (Wildman–Crippen LogP) is 1.60. The van der Waals surface area contributed by atoms with Crippen LogP contribution >= 0.6 is 0 Å². The summed E-state index contributed by atoms with van der Waals surface area (Å²) in [6, 6.07) is 0. The highest BCUT2D eigenvalue weighted by Crippen LogP contribution is 2.23. The molecule has 0 radical (unpaired) electrons. The Balaban J connectivity index is 1.85. The van der Waals surface area contributed by atoms with E-state index in [4.69, 9.17) is 4.74 Å². The Morgan fingerprint density at radius 1 is 1.45 bits per heavy atom. The third kappa shape index (κ3) is 3.90. The monoisotopic (exact) mass is 278 g/mol. The predicted molar refractivity (Wildman–Crippen MR) is 76.7 cm³/mol. The van der Waals surface area contributed by atoms with Crippen molar-refractivity contribution < 1.29 is 9.53 Å². The molecule has 1 atom stereocenters. The van der Waals surface area contributed by atoms with E-state index < -0.39 is 0 Å². The molecule has 1 aliphatic heterocycles. The van der Waals surface area contributed by atoms with Crippen molar-refractivity contribution in [1.82, 2.24) is 15.3 Å². The molecule has 2 N–H and O–H groups in total. The van der Waals surface area contributed by atoms with Gasteiger partial charge in [0, 0.05) is 19.7 Å². The maximum absolute atomic E-state index is 12.0. The van der Waals surface area contributed by atoms with Crippen LogP contribution in [0.5, 0.6) is 0 Å². The van der Waals surface area contributed by atoms with Crippen molar-refractivity contribution in [3.05, 3.63) is 18.1 Å². The second-order valence-electron chi connectivity index (χ2n) is 5.30. The molecular formula is C14H22N4O2. The molecule has 0 bridgehead atoms. The highest BCUT2D eigenvalue weighted by atomic mass is 16.5. The molecule has 2 heterocycles. The summed E-state index contributed by atoms with van der Waals surface area (Å²) in [5.74, 6) is 0.478. The number of nitrogens with one attached hydrogen (secondary N) is 2. The van der Waals surface area contributed by atoms with E-state index in [1.807, 2.05) is 6.92 Å². The van der Waals surface area contributed by atoms with Gasteiger partial charge in [-0.3, -0.25) is 4.79 Å². The van der Waals surface area contributed by atoms with Gasteiger partial charge in [0.25, 0.3) is 5.91 Å². The van der Waals surface area contributed by atoms with Crippen molar-refractivity contribution in [2.45, 2.75) is 38.7 Å². The van der Waals surface area contributed by atoms with Gasteiger partial charge in [0.2, 0.25) is 0 Å². The van der Waals surface area contributed by atoms with E-state index >= 15 is 0 Å². The topological polar surface area (TPSA) is 76.1 Å². The second-order valence-corrected chi connectivity index (χ2v) is 5.30. The Bertz CT molecular complexity index is 441. The number of amides is 1. The minimum atomic E-state index is -0.244. The minimum Gasteiger partial charge on any atom is -0.373 e. The first-order valence-electron chi connectivity index (χ1n) is 7.11. The summed E-state index contributed by atoms with van der Waals surface area (Å²) in [6.07, 6.45) is 6.11. The average molecular weight is 278 g/mol. The van der Waals surface area contributed by atoms with Crippen LogP contribution in [0.2, 0.25) is 0 Å². The molecule has 1 unspecified atom stereocenters. The zero-order valence-corrected chi connectivity index (χ0v) is 12.1. The normalized spacial score (nSPS) is 21.7. The molecule has 20 heavy (non-hydrogen) atoms. The van der Waals surface area contributed by atoms with Crippen molar-refractivity contribution in [3.63, 3.8) is 0 Å². The van der Waals surface area contributed by atoms with Crippen molar-refractivity contribution >= 4 is 11.7 Å². The fourth-order valence-electron chi connectivity index (χ4n) is 2.12. The first-order valence-corrected chi connectivity index (χ1v) is 7.11. The molecule has 1 aliphatic rings. The first-order chi connectivity index (χ1) is 9.63. The van der Waals surface area contributed by atoms with E-state index in [0.717, 1.165) is 32.4 Å². The average Bonchev–Trinajstić information content (AvgIpc) is 2.90. The van der Waals surface area contributed by atoms with Crippen molar-refractivity contribution in [2.75, 3.05) is 25.0 Å². The third-order valence-corrected chi connectivity index (χ3v) is 3.36. The molecular weight excluding hydrogens is 256 g/mol. The summed E-state index contributed by atoms with van der Waals surface area (Å²) in [6.45, 7) is 6.21. The fourth-order valence-corrected chi connectivity index (χ4v) is 2.12. The number of carbonyl (C=O) groups excluding carboxylic acids is 1. The number of aromatic nitrogens is 2. The maximum Gasteiger partial charge on any atom is 0.271 e.